The third-order valence-electron chi connectivity index (χ3n) is 4.22. The number of benzene rings is 1. The zero-order valence-corrected chi connectivity index (χ0v) is 12.8. The van der Waals surface area contributed by atoms with Gasteiger partial charge in [0.1, 0.15) is 6.61 Å². The molecule has 2 aliphatic rings. The van der Waals surface area contributed by atoms with E-state index >= 15 is 0 Å². The summed E-state index contributed by atoms with van der Waals surface area (Å²) >= 11 is 6.00. The predicted octanol–water partition coefficient (Wildman–Crippen LogP) is 2.21. The first kappa shape index (κ1) is 14.8. The van der Waals surface area contributed by atoms with E-state index < -0.39 is 0 Å². The molecular formula is C16H21ClN2O2. The molecule has 4 nitrogen and oxygen atoms in total. The highest BCUT2D eigenvalue weighted by atomic mass is 35.5. The summed E-state index contributed by atoms with van der Waals surface area (Å²) in [6.07, 6.45) is 4.22. The highest BCUT2D eigenvalue weighted by Gasteiger charge is 2.24. The van der Waals surface area contributed by atoms with Crippen LogP contribution in [-0.2, 0) is 16.0 Å². The Kier molecular flexibility index (Phi) is 4.78. The van der Waals surface area contributed by atoms with Gasteiger partial charge in [0.25, 0.3) is 0 Å². The number of hydrogen-bond acceptors (Lipinski definition) is 3. The van der Waals surface area contributed by atoms with Crippen LogP contribution in [0.15, 0.2) is 18.2 Å². The number of carbonyl (C=O) groups excluding carboxylic acids is 1. The highest BCUT2D eigenvalue weighted by Crippen LogP contribution is 2.32. The summed E-state index contributed by atoms with van der Waals surface area (Å²) in [6.45, 7) is 2.04. The highest BCUT2D eigenvalue weighted by molar-refractivity contribution is 6.30. The molecule has 3 rings (SSSR count). The van der Waals surface area contributed by atoms with Crippen LogP contribution >= 0.6 is 11.6 Å². The molecule has 1 saturated heterocycles. The molecule has 1 heterocycles. The summed E-state index contributed by atoms with van der Waals surface area (Å²) in [4.78, 5) is 12.0. The summed E-state index contributed by atoms with van der Waals surface area (Å²) < 4.78 is 5.67. The maximum atomic E-state index is 12.0. The average Bonchev–Trinajstić information content (AvgIpc) is 2.88. The lowest BCUT2D eigenvalue weighted by molar-refractivity contribution is -0.128. The van der Waals surface area contributed by atoms with Crippen LogP contribution in [0.25, 0.3) is 0 Å². The van der Waals surface area contributed by atoms with E-state index in [0.29, 0.717) is 0 Å². The van der Waals surface area contributed by atoms with Crippen molar-refractivity contribution in [1.82, 2.24) is 10.6 Å². The van der Waals surface area contributed by atoms with Gasteiger partial charge in [-0.1, -0.05) is 17.7 Å². The second kappa shape index (κ2) is 6.77. The Balaban J connectivity index is 1.50. The number of ether oxygens (including phenoxy) is 1. The third kappa shape index (κ3) is 3.76. The monoisotopic (exact) mass is 308 g/mol. The second-order valence-electron chi connectivity index (χ2n) is 5.78. The van der Waals surface area contributed by atoms with Gasteiger partial charge in [-0.05, 0) is 55.5 Å². The van der Waals surface area contributed by atoms with Gasteiger partial charge in [0.2, 0.25) is 5.91 Å². The van der Waals surface area contributed by atoms with Gasteiger partial charge >= 0.3 is 0 Å². The van der Waals surface area contributed by atoms with Crippen molar-refractivity contribution in [2.24, 2.45) is 0 Å². The van der Waals surface area contributed by atoms with E-state index in [1.807, 2.05) is 18.2 Å². The van der Waals surface area contributed by atoms with Crippen LogP contribution in [0, 0.1) is 0 Å². The van der Waals surface area contributed by atoms with E-state index in [2.05, 4.69) is 10.6 Å². The van der Waals surface area contributed by atoms with Gasteiger partial charge in [-0.2, -0.15) is 0 Å². The van der Waals surface area contributed by atoms with Crippen LogP contribution in [0.3, 0.4) is 0 Å². The zero-order chi connectivity index (χ0) is 14.7. The van der Waals surface area contributed by atoms with E-state index in [9.17, 15) is 4.79 Å². The van der Waals surface area contributed by atoms with E-state index in [0.717, 1.165) is 43.8 Å². The molecule has 1 aromatic carbocycles. The summed E-state index contributed by atoms with van der Waals surface area (Å²) in [5.74, 6) is -0.0339. The smallest absolute Gasteiger partial charge is 0.246 e. The van der Waals surface area contributed by atoms with Crippen LogP contribution in [-0.4, -0.2) is 31.7 Å². The summed E-state index contributed by atoms with van der Waals surface area (Å²) in [6, 6.07) is 5.99. The lowest BCUT2D eigenvalue weighted by Gasteiger charge is -2.23. The number of hydrogen-bond donors (Lipinski definition) is 2. The molecule has 114 valence electrons. The number of amides is 1. The molecule has 1 fully saturated rings. The van der Waals surface area contributed by atoms with Crippen molar-refractivity contribution < 1.29 is 9.53 Å². The van der Waals surface area contributed by atoms with Crippen LogP contribution < -0.4 is 10.6 Å². The number of carbonyl (C=O) groups is 1. The van der Waals surface area contributed by atoms with Crippen molar-refractivity contribution in [2.45, 2.75) is 37.8 Å². The molecule has 1 aromatic rings. The molecule has 1 aliphatic heterocycles. The Morgan fingerprint density at radius 3 is 3.14 bits per heavy atom. The van der Waals surface area contributed by atoms with E-state index in [1.54, 1.807) is 0 Å². The van der Waals surface area contributed by atoms with Crippen molar-refractivity contribution in [3.63, 3.8) is 0 Å². The topological polar surface area (TPSA) is 50.4 Å². The number of aryl methyl sites for hydroxylation is 1. The molecule has 0 aromatic heterocycles. The molecule has 0 radical (unpaired) electrons. The number of piperidine rings is 1. The van der Waals surface area contributed by atoms with Crippen LogP contribution in [0.2, 0.25) is 5.02 Å². The first-order valence-electron chi connectivity index (χ1n) is 7.62. The fraction of sp³-hybridized carbons (Fsp3) is 0.562. The Hall–Kier alpha value is -1.10. The molecule has 2 atom stereocenters. The molecule has 0 bridgehead atoms. The second-order valence-corrected chi connectivity index (χ2v) is 6.22. The van der Waals surface area contributed by atoms with E-state index in [-0.39, 0.29) is 24.7 Å². The molecule has 1 unspecified atom stereocenters. The number of rotatable bonds is 4. The molecule has 0 saturated carbocycles. The average molecular weight is 309 g/mol. The summed E-state index contributed by atoms with van der Waals surface area (Å²) in [5, 5.41) is 7.11. The van der Waals surface area contributed by atoms with Gasteiger partial charge in [0, 0.05) is 11.6 Å². The van der Waals surface area contributed by atoms with E-state index in [4.69, 9.17) is 16.3 Å². The van der Waals surface area contributed by atoms with Gasteiger partial charge in [0.15, 0.2) is 0 Å². The van der Waals surface area contributed by atoms with Crippen molar-refractivity contribution in [3.05, 3.63) is 34.3 Å². The Bertz CT molecular complexity index is 515. The number of fused-ring (bicyclic) bond motifs is 1. The largest absolute Gasteiger partial charge is 0.367 e. The van der Waals surface area contributed by atoms with Crippen molar-refractivity contribution >= 4 is 17.5 Å². The summed E-state index contributed by atoms with van der Waals surface area (Å²) in [5.41, 5.74) is 2.43. The number of halogens is 1. The normalized spacial score (nSPS) is 24.6. The zero-order valence-electron chi connectivity index (χ0n) is 12.0. The first-order chi connectivity index (χ1) is 10.2. The Labute approximate surface area is 130 Å². The van der Waals surface area contributed by atoms with Crippen LogP contribution in [0.4, 0.5) is 0 Å². The molecular weight excluding hydrogens is 288 g/mol. The maximum absolute atomic E-state index is 12.0. The van der Waals surface area contributed by atoms with Gasteiger partial charge in [-0.3, -0.25) is 4.79 Å². The van der Waals surface area contributed by atoms with Crippen molar-refractivity contribution in [3.8, 4) is 0 Å². The molecule has 21 heavy (non-hydrogen) atoms. The fourth-order valence-electron chi connectivity index (χ4n) is 3.13. The quantitative estimate of drug-likeness (QED) is 0.896. The van der Waals surface area contributed by atoms with Crippen molar-refractivity contribution in [2.75, 3.05) is 19.7 Å². The lowest BCUT2D eigenvalue weighted by Crippen LogP contribution is -2.38. The van der Waals surface area contributed by atoms with Gasteiger partial charge in [-0.15, -0.1) is 0 Å². The van der Waals surface area contributed by atoms with E-state index in [1.165, 1.54) is 11.1 Å². The predicted molar refractivity (Wildman–Crippen MR) is 82.5 cm³/mol. The fourth-order valence-corrected chi connectivity index (χ4v) is 3.32. The third-order valence-corrected chi connectivity index (χ3v) is 4.45. The molecule has 2 N–H and O–H groups in total. The van der Waals surface area contributed by atoms with Gasteiger partial charge < -0.3 is 15.4 Å². The standard InChI is InChI=1S/C16H21ClN2O2/c17-12-4-5-14-11(8-12)3-6-15(14)19-16(20)10-21-13-2-1-7-18-9-13/h4-5,8,13,15,18H,1-3,6-7,9-10H2,(H,19,20)/t13?,15-/m0/s1. The first-order valence-corrected chi connectivity index (χ1v) is 8.00. The summed E-state index contributed by atoms with van der Waals surface area (Å²) in [7, 11) is 0. The van der Waals surface area contributed by atoms with Crippen LogP contribution in [0.1, 0.15) is 36.4 Å². The molecule has 0 spiro atoms. The SMILES string of the molecule is O=C(COC1CCCNC1)N[C@H]1CCc2cc(Cl)ccc21. The minimum Gasteiger partial charge on any atom is -0.367 e. The molecule has 1 aliphatic carbocycles. The Morgan fingerprint density at radius 1 is 1.43 bits per heavy atom. The maximum Gasteiger partial charge on any atom is 0.246 e. The Morgan fingerprint density at radius 2 is 2.33 bits per heavy atom. The lowest BCUT2D eigenvalue weighted by atomic mass is 10.1. The van der Waals surface area contributed by atoms with Gasteiger partial charge in [-0.25, -0.2) is 0 Å². The van der Waals surface area contributed by atoms with Crippen LogP contribution in [0.5, 0.6) is 0 Å². The molecule has 5 heteroatoms. The minimum absolute atomic E-state index is 0.0339. The number of nitrogens with one attached hydrogen (secondary N) is 2. The molecule has 1 amide bonds. The van der Waals surface area contributed by atoms with Crippen molar-refractivity contribution in [1.29, 1.82) is 0 Å². The van der Waals surface area contributed by atoms with Gasteiger partial charge in [0.05, 0.1) is 12.1 Å². The minimum atomic E-state index is -0.0339.